The SMILES string of the molecule is CCCc1ccc(C)cc1O[PH](=O)Oc1cc(C)ccc1CCC. The average Bonchev–Trinajstić information content (AvgIpc) is 2.53. The smallest absolute Gasteiger partial charge is 0.418 e. The Morgan fingerprint density at radius 3 is 1.58 bits per heavy atom. The third-order valence-corrected chi connectivity index (χ3v) is 4.64. The van der Waals surface area contributed by atoms with E-state index in [9.17, 15) is 4.57 Å². The van der Waals surface area contributed by atoms with E-state index in [1.54, 1.807) is 0 Å². The summed E-state index contributed by atoms with van der Waals surface area (Å²) in [5.41, 5.74) is 4.31. The molecule has 0 aliphatic rings. The lowest BCUT2D eigenvalue weighted by Crippen LogP contribution is -1.97. The highest BCUT2D eigenvalue weighted by atomic mass is 31.1. The van der Waals surface area contributed by atoms with Gasteiger partial charge in [0.05, 0.1) is 0 Å². The Morgan fingerprint density at radius 1 is 0.792 bits per heavy atom. The molecular formula is C20H27O3P. The summed E-state index contributed by atoms with van der Waals surface area (Å²) in [5, 5.41) is 0. The molecule has 0 bridgehead atoms. The molecule has 2 rings (SSSR count). The zero-order chi connectivity index (χ0) is 17.5. The molecule has 0 unspecified atom stereocenters. The largest absolute Gasteiger partial charge is 0.418 e. The maximum atomic E-state index is 12.5. The van der Waals surface area contributed by atoms with E-state index in [1.165, 1.54) is 0 Å². The van der Waals surface area contributed by atoms with Crippen molar-refractivity contribution >= 4 is 8.25 Å². The van der Waals surface area contributed by atoms with Crippen molar-refractivity contribution < 1.29 is 13.6 Å². The van der Waals surface area contributed by atoms with Crippen LogP contribution in [0.4, 0.5) is 0 Å². The van der Waals surface area contributed by atoms with Crippen molar-refractivity contribution in [2.24, 2.45) is 0 Å². The molecule has 2 aromatic rings. The molecule has 0 aromatic heterocycles. The highest BCUT2D eigenvalue weighted by Gasteiger charge is 2.12. The fourth-order valence-electron chi connectivity index (χ4n) is 2.67. The minimum atomic E-state index is -2.66. The lowest BCUT2D eigenvalue weighted by atomic mass is 10.1. The van der Waals surface area contributed by atoms with E-state index in [1.807, 2.05) is 38.1 Å². The minimum absolute atomic E-state index is 0.672. The lowest BCUT2D eigenvalue weighted by Gasteiger charge is -2.14. The van der Waals surface area contributed by atoms with Crippen molar-refractivity contribution in [2.45, 2.75) is 53.4 Å². The number of aryl methyl sites for hydroxylation is 4. The van der Waals surface area contributed by atoms with Crippen LogP contribution in [0.5, 0.6) is 11.5 Å². The molecule has 0 saturated heterocycles. The van der Waals surface area contributed by atoms with Crippen molar-refractivity contribution in [1.29, 1.82) is 0 Å². The topological polar surface area (TPSA) is 35.5 Å². The standard InChI is InChI=1S/C20H27O3P/c1-5-7-17-11-9-15(3)13-19(17)22-24(21)23-20-14-16(4)10-12-18(20)8-6-2/h9-14,24H,5-8H2,1-4H3. The molecule has 0 atom stereocenters. The van der Waals surface area contributed by atoms with Gasteiger partial charge < -0.3 is 9.05 Å². The van der Waals surface area contributed by atoms with Crippen LogP contribution in [-0.2, 0) is 17.4 Å². The normalized spacial score (nSPS) is 10.9. The fraction of sp³-hybridized carbons (Fsp3) is 0.400. The lowest BCUT2D eigenvalue weighted by molar-refractivity contribution is 0.411. The van der Waals surface area contributed by atoms with Gasteiger partial charge in [-0.15, -0.1) is 0 Å². The van der Waals surface area contributed by atoms with E-state index >= 15 is 0 Å². The second-order valence-electron chi connectivity index (χ2n) is 6.18. The van der Waals surface area contributed by atoms with E-state index in [2.05, 4.69) is 26.0 Å². The highest BCUT2D eigenvalue weighted by Crippen LogP contribution is 2.35. The van der Waals surface area contributed by atoms with E-state index in [0.29, 0.717) is 11.5 Å². The summed E-state index contributed by atoms with van der Waals surface area (Å²) in [4.78, 5) is 0. The first-order chi connectivity index (χ1) is 11.5. The van der Waals surface area contributed by atoms with Gasteiger partial charge in [0.25, 0.3) is 0 Å². The Hall–Kier alpha value is -1.73. The molecule has 0 N–H and O–H groups in total. The van der Waals surface area contributed by atoms with Crippen LogP contribution in [0.15, 0.2) is 36.4 Å². The third-order valence-electron chi connectivity index (χ3n) is 3.87. The van der Waals surface area contributed by atoms with Gasteiger partial charge >= 0.3 is 8.25 Å². The first-order valence-corrected chi connectivity index (χ1v) is 9.84. The van der Waals surface area contributed by atoms with Crippen molar-refractivity contribution in [2.75, 3.05) is 0 Å². The Bertz CT molecular complexity index is 651. The summed E-state index contributed by atoms with van der Waals surface area (Å²) in [6.45, 7) is 8.24. The van der Waals surface area contributed by atoms with Gasteiger partial charge in [0, 0.05) is 0 Å². The first kappa shape index (κ1) is 18.6. The number of rotatable bonds is 8. The number of benzene rings is 2. The third kappa shape index (κ3) is 5.14. The molecule has 0 fully saturated rings. The molecule has 0 radical (unpaired) electrons. The van der Waals surface area contributed by atoms with Crippen LogP contribution in [0.2, 0.25) is 0 Å². The van der Waals surface area contributed by atoms with Gasteiger partial charge in [-0.05, 0) is 61.1 Å². The molecule has 3 nitrogen and oxygen atoms in total. The molecule has 130 valence electrons. The molecular weight excluding hydrogens is 319 g/mol. The van der Waals surface area contributed by atoms with Crippen molar-refractivity contribution in [3.05, 3.63) is 58.7 Å². The number of hydrogen-bond acceptors (Lipinski definition) is 3. The van der Waals surface area contributed by atoms with Crippen molar-refractivity contribution in [3.8, 4) is 11.5 Å². The van der Waals surface area contributed by atoms with Crippen LogP contribution >= 0.6 is 8.25 Å². The van der Waals surface area contributed by atoms with Crippen LogP contribution < -0.4 is 9.05 Å². The van der Waals surface area contributed by atoms with Gasteiger partial charge in [-0.2, -0.15) is 0 Å². The van der Waals surface area contributed by atoms with Crippen LogP contribution in [0, 0.1) is 13.8 Å². The van der Waals surface area contributed by atoms with E-state index < -0.39 is 8.25 Å². The van der Waals surface area contributed by atoms with Crippen LogP contribution in [-0.4, -0.2) is 0 Å². The van der Waals surface area contributed by atoms with E-state index in [0.717, 1.165) is 47.9 Å². The summed E-state index contributed by atoms with van der Waals surface area (Å²) in [6.07, 6.45) is 3.83. The molecule has 0 aliphatic carbocycles. The Kier molecular flexibility index (Phi) is 6.93. The molecule has 0 amide bonds. The molecule has 0 aliphatic heterocycles. The molecule has 0 saturated carbocycles. The van der Waals surface area contributed by atoms with E-state index in [4.69, 9.17) is 9.05 Å². The molecule has 0 heterocycles. The van der Waals surface area contributed by atoms with Gasteiger partial charge in [0.15, 0.2) is 0 Å². The Balaban J connectivity index is 2.17. The van der Waals surface area contributed by atoms with Gasteiger partial charge in [0.2, 0.25) is 0 Å². The first-order valence-electron chi connectivity index (χ1n) is 8.62. The molecule has 24 heavy (non-hydrogen) atoms. The summed E-state index contributed by atoms with van der Waals surface area (Å²) in [6, 6.07) is 12.0. The van der Waals surface area contributed by atoms with Crippen LogP contribution in [0.3, 0.4) is 0 Å². The van der Waals surface area contributed by atoms with Gasteiger partial charge in [0.1, 0.15) is 11.5 Å². The zero-order valence-electron chi connectivity index (χ0n) is 15.0. The second-order valence-corrected chi connectivity index (χ2v) is 7.08. The minimum Gasteiger partial charge on any atom is -0.418 e. The summed E-state index contributed by atoms with van der Waals surface area (Å²) >= 11 is 0. The van der Waals surface area contributed by atoms with Crippen LogP contribution in [0.25, 0.3) is 0 Å². The highest BCUT2D eigenvalue weighted by molar-refractivity contribution is 7.34. The maximum absolute atomic E-state index is 12.5. The van der Waals surface area contributed by atoms with E-state index in [-0.39, 0.29) is 0 Å². The molecule has 2 aromatic carbocycles. The maximum Gasteiger partial charge on any atom is 0.418 e. The fourth-order valence-corrected chi connectivity index (χ4v) is 3.45. The predicted octanol–water partition coefficient (Wildman–Crippen LogP) is 6.06. The summed E-state index contributed by atoms with van der Waals surface area (Å²) in [7, 11) is -2.66. The van der Waals surface area contributed by atoms with Crippen LogP contribution in [0.1, 0.15) is 48.9 Å². The average molecular weight is 346 g/mol. The monoisotopic (exact) mass is 346 g/mol. The van der Waals surface area contributed by atoms with Crippen molar-refractivity contribution in [1.82, 2.24) is 0 Å². The molecule has 0 spiro atoms. The van der Waals surface area contributed by atoms with Gasteiger partial charge in [-0.3, -0.25) is 0 Å². The predicted molar refractivity (Wildman–Crippen MR) is 101 cm³/mol. The van der Waals surface area contributed by atoms with Gasteiger partial charge in [-0.25, -0.2) is 4.57 Å². The zero-order valence-corrected chi connectivity index (χ0v) is 16.0. The summed E-state index contributed by atoms with van der Waals surface area (Å²) in [5.74, 6) is 1.34. The Labute approximate surface area is 146 Å². The summed E-state index contributed by atoms with van der Waals surface area (Å²) < 4.78 is 23.8. The van der Waals surface area contributed by atoms with Crippen molar-refractivity contribution in [3.63, 3.8) is 0 Å². The second kappa shape index (κ2) is 8.94. The quantitative estimate of drug-likeness (QED) is 0.545. The Morgan fingerprint density at radius 2 is 1.21 bits per heavy atom. The molecule has 4 heteroatoms. The van der Waals surface area contributed by atoms with Gasteiger partial charge in [-0.1, -0.05) is 51.0 Å². The number of hydrogen-bond donors (Lipinski definition) is 0.